The number of carbonyl (C=O) groups is 1. The molecule has 0 radical (unpaired) electrons. The van der Waals surface area contributed by atoms with Gasteiger partial charge in [-0.1, -0.05) is 12.1 Å². The van der Waals surface area contributed by atoms with Crippen molar-refractivity contribution >= 4 is 11.6 Å². The number of anilines is 1. The van der Waals surface area contributed by atoms with Crippen molar-refractivity contribution in [2.75, 3.05) is 11.9 Å². The van der Waals surface area contributed by atoms with Gasteiger partial charge >= 0.3 is 0 Å². The van der Waals surface area contributed by atoms with Crippen LogP contribution in [0.25, 0.3) is 11.5 Å². The fourth-order valence-corrected chi connectivity index (χ4v) is 3.87. The lowest BCUT2D eigenvalue weighted by Crippen LogP contribution is -2.32. The molecule has 2 aromatic heterocycles. The maximum atomic E-state index is 13.5. The highest BCUT2D eigenvalue weighted by Crippen LogP contribution is 2.32. The molecule has 1 aliphatic heterocycles. The standard InChI is InChI=1S/C24H22FN7O2/c1-32-22(30-31-23(32)20-7-9-26-14-28-20)13-27-17-4-2-3-15(11-17)24(33)29-19-8-10-34-21-12-16(25)5-6-18(19)21/h2-7,9,11-12,14,19,27H,8,10,13H2,1H3,(H,29,33)/t19-/m1/s1. The van der Waals surface area contributed by atoms with Crippen molar-refractivity contribution in [2.24, 2.45) is 7.05 Å². The molecule has 172 valence electrons. The number of carbonyl (C=O) groups excluding carboxylic acids is 1. The van der Waals surface area contributed by atoms with Crippen molar-refractivity contribution in [3.05, 3.63) is 83.8 Å². The summed E-state index contributed by atoms with van der Waals surface area (Å²) in [4.78, 5) is 21.1. The highest BCUT2D eigenvalue weighted by Gasteiger charge is 2.24. The summed E-state index contributed by atoms with van der Waals surface area (Å²) in [5.74, 6) is 1.25. The number of rotatable bonds is 6. The van der Waals surface area contributed by atoms with Gasteiger partial charge in [-0.15, -0.1) is 10.2 Å². The van der Waals surface area contributed by atoms with Crippen LogP contribution < -0.4 is 15.4 Å². The Hall–Kier alpha value is -4.34. The largest absolute Gasteiger partial charge is 0.493 e. The van der Waals surface area contributed by atoms with E-state index in [-0.39, 0.29) is 17.8 Å². The van der Waals surface area contributed by atoms with Gasteiger partial charge in [0.25, 0.3) is 5.91 Å². The molecular weight excluding hydrogens is 437 g/mol. The van der Waals surface area contributed by atoms with Gasteiger partial charge < -0.3 is 19.9 Å². The summed E-state index contributed by atoms with van der Waals surface area (Å²) in [6.07, 6.45) is 3.74. The van der Waals surface area contributed by atoms with E-state index in [2.05, 4.69) is 30.8 Å². The van der Waals surface area contributed by atoms with Gasteiger partial charge in [0.05, 0.1) is 19.2 Å². The van der Waals surface area contributed by atoms with Crippen LogP contribution in [-0.2, 0) is 13.6 Å². The van der Waals surface area contributed by atoms with E-state index in [0.717, 1.165) is 17.1 Å². The third-order valence-corrected chi connectivity index (χ3v) is 5.67. The zero-order chi connectivity index (χ0) is 23.5. The second kappa shape index (κ2) is 9.26. The summed E-state index contributed by atoms with van der Waals surface area (Å²) in [5, 5.41) is 14.8. The van der Waals surface area contributed by atoms with Crippen LogP contribution >= 0.6 is 0 Å². The zero-order valence-electron chi connectivity index (χ0n) is 18.4. The van der Waals surface area contributed by atoms with Crippen LogP contribution in [0.15, 0.2) is 61.1 Å². The second-order valence-corrected chi connectivity index (χ2v) is 7.87. The average molecular weight is 459 g/mol. The van der Waals surface area contributed by atoms with E-state index in [1.807, 2.05) is 23.7 Å². The molecule has 9 nitrogen and oxygen atoms in total. The predicted molar refractivity (Wildman–Crippen MR) is 123 cm³/mol. The smallest absolute Gasteiger partial charge is 0.251 e. The third kappa shape index (κ3) is 4.42. The molecule has 2 N–H and O–H groups in total. The Bertz CT molecular complexity index is 1330. The molecule has 10 heteroatoms. The first-order valence-electron chi connectivity index (χ1n) is 10.8. The van der Waals surface area contributed by atoms with E-state index in [4.69, 9.17) is 4.74 Å². The molecule has 0 saturated carbocycles. The number of ether oxygens (including phenoxy) is 1. The number of fused-ring (bicyclic) bond motifs is 1. The van der Waals surface area contributed by atoms with Gasteiger partial charge in [-0.25, -0.2) is 14.4 Å². The Morgan fingerprint density at radius 3 is 2.97 bits per heavy atom. The lowest BCUT2D eigenvalue weighted by Gasteiger charge is -2.26. The monoisotopic (exact) mass is 459 g/mol. The Balaban J connectivity index is 1.26. The molecule has 34 heavy (non-hydrogen) atoms. The molecule has 3 heterocycles. The third-order valence-electron chi connectivity index (χ3n) is 5.67. The number of amides is 1. The van der Waals surface area contributed by atoms with E-state index in [0.29, 0.717) is 42.4 Å². The zero-order valence-corrected chi connectivity index (χ0v) is 18.4. The second-order valence-electron chi connectivity index (χ2n) is 7.87. The maximum absolute atomic E-state index is 13.5. The summed E-state index contributed by atoms with van der Waals surface area (Å²) >= 11 is 0. The normalized spacial score (nSPS) is 14.7. The minimum atomic E-state index is -0.364. The van der Waals surface area contributed by atoms with Crippen LogP contribution in [0.1, 0.15) is 34.2 Å². The van der Waals surface area contributed by atoms with Crippen LogP contribution in [0.5, 0.6) is 5.75 Å². The topological polar surface area (TPSA) is 107 Å². The minimum absolute atomic E-state index is 0.212. The van der Waals surface area contributed by atoms with Crippen LogP contribution in [0, 0.1) is 5.82 Å². The number of halogens is 1. The van der Waals surface area contributed by atoms with Crippen LogP contribution in [0.2, 0.25) is 0 Å². The first-order chi connectivity index (χ1) is 16.6. The summed E-state index contributed by atoms with van der Waals surface area (Å²) in [5.41, 5.74) is 2.75. The van der Waals surface area contributed by atoms with Gasteiger partial charge in [-0.3, -0.25) is 4.79 Å². The molecule has 4 aromatic rings. The fourth-order valence-electron chi connectivity index (χ4n) is 3.87. The lowest BCUT2D eigenvalue weighted by atomic mass is 10.00. The van der Waals surface area contributed by atoms with Crippen LogP contribution in [-0.4, -0.2) is 37.2 Å². The van der Waals surface area contributed by atoms with Crippen molar-refractivity contribution in [3.63, 3.8) is 0 Å². The number of benzene rings is 2. The Morgan fingerprint density at radius 1 is 1.21 bits per heavy atom. The first-order valence-corrected chi connectivity index (χ1v) is 10.8. The van der Waals surface area contributed by atoms with Gasteiger partial charge in [0.1, 0.15) is 23.6 Å². The molecule has 2 aromatic carbocycles. The summed E-state index contributed by atoms with van der Waals surface area (Å²) < 4.78 is 20.9. The molecule has 0 aliphatic carbocycles. The highest BCUT2D eigenvalue weighted by molar-refractivity contribution is 5.95. The van der Waals surface area contributed by atoms with Gasteiger partial charge in [0.2, 0.25) is 0 Å². The van der Waals surface area contributed by atoms with E-state index < -0.39 is 0 Å². The van der Waals surface area contributed by atoms with Crippen LogP contribution in [0.4, 0.5) is 10.1 Å². The Kier molecular flexibility index (Phi) is 5.86. The number of hydrogen-bond donors (Lipinski definition) is 2. The van der Waals surface area contributed by atoms with Gasteiger partial charge in [0, 0.05) is 42.5 Å². The van der Waals surface area contributed by atoms with E-state index in [1.165, 1.54) is 18.5 Å². The Labute approximate surface area is 195 Å². The van der Waals surface area contributed by atoms with Crippen molar-refractivity contribution in [1.29, 1.82) is 0 Å². The summed E-state index contributed by atoms with van der Waals surface area (Å²) in [7, 11) is 1.87. The highest BCUT2D eigenvalue weighted by atomic mass is 19.1. The van der Waals surface area contributed by atoms with Crippen molar-refractivity contribution in [1.82, 2.24) is 30.0 Å². The van der Waals surface area contributed by atoms with Crippen LogP contribution in [0.3, 0.4) is 0 Å². The van der Waals surface area contributed by atoms with E-state index >= 15 is 0 Å². The van der Waals surface area contributed by atoms with E-state index in [1.54, 1.807) is 30.5 Å². The van der Waals surface area contributed by atoms with Crippen molar-refractivity contribution in [3.8, 4) is 17.3 Å². The SMILES string of the molecule is Cn1c(CNc2cccc(C(=O)N[C@@H]3CCOc4cc(F)ccc43)c2)nnc1-c1ccncn1. The molecule has 0 saturated heterocycles. The molecule has 1 amide bonds. The number of nitrogens with zero attached hydrogens (tertiary/aromatic N) is 5. The molecule has 0 spiro atoms. The lowest BCUT2D eigenvalue weighted by molar-refractivity contribution is 0.0925. The number of hydrogen-bond acceptors (Lipinski definition) is 7. The van der Waals surface area contributed by atoms with Gasteiger partial charge in [-0.2, -0.15) is 0 Å². The molecular formula is C24H22FN7O2. The van der Waals surface area contributed by atoms with Gasteiger partial charge in [0.15, 0.2) is 11.6 Å². The fraction of sp³-hybridized carbons (Fsp3) is 0.208. The molecule has 1 aliphatic rings. The molecule has 0 bridgehead atoms. The summed E-state index contributed by atoms with van der Waals surface area (Å²) in [6.45, 7) is 0.830. The Morgan fingerprint density at radius 2 is 2.12 bits per heavy atom. The number of aromatic nitrogens is 5. The van der Waals surface area contributed by atoms with E-state index in [9.17, 15) is 9.18 Å². The average Bonchev–Trinajstić information content (AvgIpc) is 3.23. The van der Waals surface area contributed by atoms with Crippen molar-refractivity contribution < 1.29 is 13.9 Å². The summed E-state index contributed by atoms with van der Waals surface area (Å²) in [6, 6.07) is 13.1. The van der Waals surface area contributed by atoms with Gasteiger partial charge in [-0.05, 0) is 30.3 Å². The first kappa shape index (κ1) is 21.5. The maximum Gasteiger partial charge on any atom is 0.251 e. The minimum Gasteiger partial charge on any atom is -0.493 e. The molecule has 0 unspecified atom stereocenters. The molecule has 1 atom stereocenters. The quantitative estimate of drug-likeness (QED) is 0.456. The molecule has 5 rings (SSSR count). The van der Waals surface area contributed by atoms with Crippen molar-refractivity contribution in [2.45, 2.75) is 19.0 Å². The molecule has 0 fully saturated rings. The number of nitrogens with one attached hydrogen (secondary N) is 2. The predicted octanol–water partition coefficient (Wildman–Crippen LogP) is 3.28.